The Labute approximate surface area is 162 Å². The molecule has 7 heteroatoms. The number of aliphatic hydroxyl groups is 1. The quantitative estimate of drug-likeness (QED) is 0.704. The van der Waals surface area contributed by atoms with E-state index in [2.05, 4.69) is 4.90 Å². The van der Waals surface area contributed by atoms with Crippen LogP contribution in [0.4, 0.5) is 0 Å². The number of carbonyl (C=O) groups is 1. The van der Waals surface area contributed by atoms with E-state index in [1.54, 1.807) is 12.0 Å². The molecule has 0 bridgehead atoms. The predicted octanol–water partition coefficient (Wildman–Crippen LogP) is 1.29. The predicted molar refractivity (Wildman–Crippen MR) is 105 cm³/mol. The maximum Gasteiger partial charge on any atom is 0.241 e. The van der Waals surface area contributed by atoms with Crippen LogP contribution in [-0.2, 0) is 9.53 Å². The fourth-order valence-corrected chi connectivity index (χ4v) is 3.39. The van der Waals surface area contributed by atoms with Crippen molar-refractivity contribution in [3.8, 4) is 0 Å². The van der Waals surface area contributed by atoms with E-state index in [4.69, 9.17) is 10.5 Å². The van der Waals surface area contributed by atoms with Crippen molar-refractivity contribution in [2.75, 3.05) is 46.9 Å². The average Bonchev–Trinajstić information content (AvgIpc) is 2.63. The molecule has 1 aliphatic rings. The number of hydrogen-bond acceptors (Lipinski definition) is 5. The Morgan fingerprint density at radius 2 is 1.96 bits per heavy atom. The van der Waals surface area contributed by atoms with Crippen molar-refractivity contribution < 1.29 is 14.6 Å². The molecule has 1 aliphatic heterocycles. The fraction of sp³-hybridized carbons (Fsp3) is 0.632. The SMILES string of the molecule is COCC(N)C(=O)N(C)CC1CCN(CC(O)c2ccccc2)CC1.Cl. The lowest BCUT2D eigenvalue weighted by molar-refractivity contribution is -0.133. The van der Waals surface area contributed by atoms with Crippen LogP contribution in [0.3, 0.4) is 0 Å². The maximum absolute atomic E-state index is 12.2. The molecular weight excluding hydrogens is 354 g/mol. The minimum Gasteiger partial charge on any atom is -0.387 e. The van der Waals surface area contributed by atoms with Gasteiger partial charge in [0.1, 0.15) is 6.04 Å². The van der Waals surface area contributed by atoms with Gasteiger partial charge in [0.25, 0.3) is 0 Å². The summed E-state index contributed by atoms with van der Waals surface area (Å²) < 4.78 is 4.95. The molecule has 0 spiro atoms. The second-order valence-corrected chi connectivity index (χ2v) is 6.95. The maximum atomic E-state index is 12.2. The number of amides is 1. The number of β-amino-alcohol motifs (C(OH)–C–C–N with tert-alkyl or cyclic N) is 1. The molecule has 2 unspecified atom stereocenters. The minimum absolute atomic E-state index is 0. The van der Waals surface area contributed by atoms with Gasteiger partial charge >= 0.3 is 0 Å². The third-order valence-electron chi connectivity index (χ3n) is 4.89. The topological polar surface area (TPSA) is 79.0 Å². The number of likely N-dealkylation sites (tertiary alicyclic amines) is 1. The number of piperidine rings is 1. The number of methoxy groups -OCH3 is 1. The molecule has 0 saturated carbocycles. The van der Waals surface area contributed by atoms with Crippen LogP contribution < -0.4 is 5.73 Å². The number of aliphatic hydroxyl groups excluding tert-OH is 1. The number of halogens is 1. The monoisotopic (exact) mass is 385 g/mol. The Balaban J connectivity index is 0.00000338. The zero-order chi connectivity index (χ0) is 18.2. The molecule has 1 aromatic carbocycles. The highest BCUT2D eigenvalue weighted by Gasteiger charge is 2.25. The first-order chi connectivity index (χ1) is 12.0. The second kappa shape index (κ2) is 11.5. The number of hydrogen-bond donors (Lipinski definition) is 2. The number of ether oxygens (including phenoxy) is 1. The number of rotatable bonds is 8. The molecule has 1 heterocycles. The number of benzene rings is 1. The van der Waals surface area contributed by atoms with Crippen molar-refractivity contribution in [2.24, 2.45) is 11.7 Å². The summed E-state index contributed by atoms with van der Waals surface area (Å²) in [5.74, 6) is 0.414. The van der Waals surface area contributed by atoms with Gasteiger partial charge in [0, 0.05) is 27.2 Å². The van der Waals surface area contributed by atoms with E-state index in [1.807, 2.05) is 37.4 Å². The van der Waals surface area contributed by atoms with E-state index in [0.29, 0.717) is 12.5 Å². The molecule has 0 radical (unpaired) electrons. The van der Waals surface area contributed by atoms with Crippen LogP contribution in [0, 0.1) is 5.92 Å². The molecule has 1 fully saturated rings. The van der Waals surface area contributed by atoms with Crippen LogP contribution >= 0.6 is 12.4 Å². The zero-order valence-corrected chi connectivity index (χ0v) is 16.5. The molecule has 148 valence electrons. The molecule has 6 nitrogen and oxygen atoms in total. The average molecular weight is 386 g/mol. The Kier molecular flexibility index (Phi) is 10.1. The Morgan fingerprint density at radius 3 is 2.54 bits per heavy atom. The van der Waals surface area contributed by atoms with Crippen LogP contribution in [0.2, 0.25) is 0 Å². The lowest BCUT2D eigenvalue weighted by Crippen LogP contribution is -2.47. The zero-order valence-electron chi connectivity index (χ0n) is 15.7. The molecule has 1 saturated heterocycles. The van der Waals surface area contributed by atoms with E-state index in [1.165, 1.54) is 0 Å². The number of likely N-dealkylation sites (N-methyl/N-ethyl adjacent to an activating group) is 1. The first-order valence-electron chi connectivity index (χ1n) is 8.96. The van der Waals surface area contributed by atoms with Crippen LogP contribution in [0.15, 0.2) is 30.3 Å². The summed E-state index contributed by atoms with van der Waals surface area (Å²) in [6.45, 7) is 3.52. The van der Waals surface area contributed by atoms with E-state index in [9.17, 15) is 9.90 Å². The highest BCUT2D eigenvalue weighted by atomic mass is 35.5. The smallest absolute Gasteiger partial charge is 0.241 e. The lowest BCUT2D eigenvalue weighted by Gasteiger charge is -2.35. The molecule has 2 atom stereocenters. The fourth-order valence-electron chi connectivity index (χ4n) is 3.39. The van der Waals surface area contributed by atoms with Gasteiger partial charge < -0.3 is 25.4 Å². The van der Waals surface area contributed by atoms with E-state index in [0.717, 1.165) is 38.0 Å². The Bertz CT molecular complexity index is 524. The third kappa shape index (κ3) is 6.85. The van der Waals surface area contributed by atoms with Crippen LogP contribution in [0.1, 0.15) is 24.5 Å². The summed E-state index contributed by atoms with van der Waals surface area (Å²) in [7, 11) is 3.36. The van der Waals surface area contributed by atoms with Crippen molar-refractivity contribution in [1.82, 2.24) is 9.80 Å². The summed E-state index contributed by atoms with van der Waals surface area (Å²) in [6.07, 6.45) is 1.60. The summed E-state index contributed by atoms with van der Waals surface area (Å²) in [5.41, 5.74) is 6.77. The van der Waals surface area contributed by atoms with Gasteiger partial charge in [-0.2, -0.15) is 0 Å². The number of carbonyl (C=O) groups excluding carboxylic acids is 1. The van der Waals surface area contributed by atoms with Crippen LogP contribution in [0.5, 0.6) is 0 Å². The van der Waals surface area contributed by atoms with Crippen LogP contribution in [0.25, 0.3) is 0 Å². The molecule has 1 aromatic rings. The van der Waals surface area contributed by atoms with Gasteiger partial charge in [-0.05, 0) is 37.4 Å². The summed E-state index contributed by atoms with van der Waals surface area (Å²) in [4.78, 5) is 16.2. The Morgan fingerprint density at radius 1 is 1.35 bits per heavy atom. The first-order valence-corrected chi connectivity index (χ1v) is 8.96. The summed E-state index contributed by atoms with van der Waals surface area (Å²) in [5, 5.41) is 10.3. The van der Waals surface area contributed by atoms with Gasteiger partial charge in [0.2, 0.25) is 5.91 Å². The lowest BCUT2D eigenvalue weighted by atomic mass is 9.95. The Hall–Kier alpha value is -1.18. The van der Waals surface area contributed by atoms with Crippen molar-refractivity contribution in [2.45, 2.75) is 25.0 Å². The number of nitrogens with two attached hydrogens (primary N) is 1. The van der Waals surface area contributed by atoms with Crippen molar-refractivity contribution >= 4 is 18.3 Å². The first kappa shape index (κ1) is 22.9. The molecule has 0 aromatic heterocycles. The van der Waals surface area contributed by atoms with Crippen molar-refractivity contribution in [1.29, 1.82) is 0 Å². The standard InChI is InChI=1S/C19H31N3O3.ClH/c1-21(19(24)17(20)14-25-2)12-15-8-10-22(11-9-15)13-18(23)16-6-4-3-5-7-16;/h3-7,15,17-18,23H,8-14,20H2,1-2H3;1H. The van der Waals surface area contributed by atoms with E-state index in [-0.39, 0.29) is 24.9 Å². The minimum atomic E-state index is -0.587. The molecule has 2 rings (SSSR count). The molecule has 0 aliphatic carbocycles. The molecule has 26 heavy (non-hydrogen) atoms. The molecule has 3 N–H and O–H groups in total. The van der Waals surface area contributed by atoms with Crippen molar-refractivity contribution in [3.05, 3.63) is 35.9 Å². The molecular formula is C19H32ClN3O3. The highest BCUT2D eigenvalue weighted by molar-refractivity contribution is 5.85. The van der Waals surface area contributed by atoms with Crippen LogP contribution in [-0.4, -0.2) is 73.8 Å². The molecule has 1 amide bonds. The number of nitrogens with zero attached hydrogens (tertiary/aromatic N) is 2. The second-order valence-electron chi connectivity index (χ2n) is 6.95. The largest absolute Gasteiger partial charge is 0.387 e. The van der Waals surface area contributed by atoms with Gasteiger partial charge in [0.05, 0.1) is 12.7 Å². The van der Waals surface area contributed by atoms with Gasteiger partial charge in [0.15, 0.2) is 0 Å². The summed E-state index contributed by atoms with van der Waals surface area (Å²) in [6, 6.07) is 9.19. The highest BCUT2D eigenvalue weighted by Crippen LogP contribution is 2.21. The third-order valence-corrected chi connectivity index (χ3v) is 4.89. The van der Waals surface area contributed by atoms with Gasteiger partial charge in [-0.15, -0.1) is 12.4 Å². The van der Waals surface area contributed by atoms with Gasteiger partial charge in [-0.25, -0.2) is 0 Å². The van der Waals surface area contributed by atoms with Gasteiger partial charge in [-0.1, -0.05) is 30.3 Å². The van der Waals surface area contributed by atoms with E-state index < -0.39 is 12.1 Å². The normalized spacial score (nSPS) is 18.0. The van der Waals surface area contributed by atoms with Gasteiger partial charge in [-0.3, -0.25) is 4.79 Å². The van der Waals surface area contributed by atoms with E-state index >= 15 is 0 Å². The van der Waals surface area contributed by atoms with Crippen molar-refractivity contribution in [3.63, 3.8) is 0 Å². The summed E-state index contributed by atoms with van der Waals surface area (Å²) >= 11 is 0.